The Bertz CT molecular complexity index is 398. The summed E-state index contributed by atoms with van der Waals surface area (Å²) in [5, 5.41) is 9.55. The molecule has 5 unspecified atom stereocenters. The van der Waals surface area contributed by atoms with Crippen LogP contribution in [0.3, 0.4) is 0 Å². The maximum Gasteiger partial charge on any atom is 0.186 e. The molecule has 0 spiro atoms. The average molecular weight is 365 g/mol. The quantitative estimate of drug-likeness (QED) is 0.398. The number of ether oxygens (including phenoxy) is 6. The molecule has 24 heavy (non-hydrogen) atoms. The monoisotopic (exact) mass is 364 g/mol. The average Bonchev–Trinajstić information content (AvgIpc) is 2.80. The summed E-state index contributed by atoms with van der Waals surface area (Å²) in [5.74, 6) is -0.755. The van der Waals surface area contributed by atoms with E-state index in [2.05, 4.69) is 19.6 Å². The van der Waals surface area contributed by atoms with E-state index in [1.54, 1.807) is 7.11 Å². The van der Waals surface area contributed by atoms with Gasteiger partial charge in [0.1, 0.15) is 31.2 Å². The van der Waals surface area contributed by atoms with Crippen LogP contribution in [0.2, 0.25) is 25.7 Å². The van der Waals surface area contributed by atoms with Crippen molar-refractivity contribution in [1.82, 2.24) is 0 Å². The molecule has 2 saturated heterocycles. The molecule has 1 N–H and O–H groups in total. The third-order valence-electron chi connectivity index (χ3n) is 4.18. The first-order valence-electron chi connectivity index (χ1n) is 8.51. The molecule has 2 rings (SSSR count). The molecule has 0 aliphatic carbocycles. The molecular weight excluding hydrogens is 332 g/mol. The highest BCUT2D eigenvalue weighted by atomic mass is 28.3. The molecule has 0 bridgehead atoms. The van der Waals surface area contributed by atoms with Crippen LogP contribution in [0.1, 0.15) is 13.8 Å². The zero-order chi connectivity index (χ0) is 18.0. The number of aliphatic hydroxyl groups is 1. The lowest BCUT2D eigenvalue weighted by atomic mass is 9.99. The van der Waals surface area contributed by atoms with Gasteiger partial charge in [0.2, 0.25) is 0 Å². The van der Waals surface area contributed by atoms with Gasteiger partial charge in [-0.15, -0.1) is 0 Å². The summed E-state index contributed by atoms with van der Waals surface area (Å²) in [6.45, 7) is 11.2. The maximum atomic E-state index is 9.55. The van der Waals surface area contributed by atoms with Crippen molar-refractivity contribution >= 4 is 8.07 Å². The van der Waals surface area contributed by atoms with Crippen LogP contribution in [0, 0.1) is 0 Å². The fourth-order valence-electron chi connectivity index (χ4n) is 2.91. The van der Waals surface area contributed by atoms with Crippen molar-refractivity contribution in [2.75, 3.05) is 27.1 Å². The Morgan fingerprint density at radius 3 is 2.38 bits per heavy atom. The first-order chi connectivity index (χ1) is 11.2. The van der Waals surface area contributed by atoms with Gasteiger partial charge in [-0.25, -0.2) is 0 Å². The minimum Gasteiger partial charge on any atom is -0.394 e. The summed E-state index contributed by atoms with van der Waals surface area (Å²) in [6.07, 6.45) is -2.40. The van der Waals surface area contributed by atoms with Crippen LogP contribution in [0.5, 0.6) is 0 Å². The van der Waals surface area contributed by atoms with Crippen molar-refractivity contribution in [3.8, 4) is 0 Å². The molecule has 0 aromatic rings. The van der Waals surface area contributed by atoms with Gasteiger partial charge >= 0.3 is 0 Å². The van der Waals surface area contributed by atoms with E-state index in [1.807, 2.05) is 13.8 Å². The smallest absolute Gasteiger partial charge is 0.186 e. The summed E-state index contributed by atoms with van der Waals surface area (Å²) in [5.41, 5.74) is 0. The van der Waals surface area contributed by atoms with E-state index in [0.29, 0.717) is 6.61 Å². The Hall–Kier alpha value is -0.0631. The standard InChI is InChI=1S/C16H32O7Si/c1-16(2)22-12-11(9-17)21-15(18-3)14(13(12)23-16)20-10-19-7-8-24(4,5)6/h11-15,17H,7-10H2,1-6H3. The van der Waals surface area contributed by atoms with Gasteiger partial charge in [-0.05, 0) is 19.9 Å². The van der Waals surface area contributed by atoms with Gasteiger partial charge in [0.25, 0.3) is 0 Å². The fourth-order valence-corrected chi connectivity index (χ4v) is 3.67. The number of hydrogen-bond donors (Lipinski definition) is 1. The molecule has 2 heterocycles. The Morgan fingerprint density at radius 1 is 1.12 bits per heavy atom. The molecule has 0 saturated carbocycles. The molecule has 5 atom stereocenters. The molecule has 0 aromatic heterocycles. The third kappa shape index (κ3) is 5.22. The van der Waals surface area contributed by atoms with Crippen LogP contribution in [-0.2, 0) is 28.4 Å². The first-order valence-corrected chi connectivity index (χ1v) is 12.2. The van der Waals surface area contributed by atoms with E-state index in [4.69, 9.17) is 28.4 Å². The van der Waals surface area contributed by atoms with E-state index >= 15 is 0 Å². The lowest BCUT2D eigenvalue weighted by molar-refractivity contribution is -0.296. The van der Waals surface area contributed by atoms with E-state index in [1.165, 1.54) is 0 Å². The van der Waals surface area contributed by atoms with E-state index in [-0.39, 0.29) is 19.5 Å². The molecular formula is C16H32O7Si. The Labute approximate surface area is 145 Å². The minimum atomic E-state index is -1.12. The highest BCUT2D eigenvalue weighted by molar-refractivity contribution is 6.76. The van der Waals surface area contributed by atoms with Crippen LogP contribution in [0.15, 0.2) is 0 Å². The van der Waals surface area contributed by atoms with Gasteiger partial charge in [0.05, 0.1) is 6.61 Å². The highest BCUT2D eigenvalue weighted by Crippen LogP contribution is 2.38. The second-order valence-corrected chi connectivity index (χ2v) is 13.6. The van der Waals surface area contributed by atoms with Gasteiger partial charge < -0.3 is 33.5 Å². The predicted molar refractivity (Wildman–Crippen MR) is 90.4 cm³/mol. The van der Waals surface area contributed by atoms with Crippen molar-refractivity contribution in [2.45, 2.75) is 76.0 Å². The third-order valence-corrected chi connectivity index (χ3v) is 5.89. The Kier molecular flexibility index (Phi) is 6.83. The maximum absolute atomic E-state index is 9.55. The second-order valence-electron chi connectivity index (χ2n) is 7.99. The van der Waals surface area contributed by atoms with Crippen LogP contribution >= 0.6 is 0 Å². The topological polar surface area (TPSA) is 75.6 Å². The van der Waals surface area contributed by atoms with Crippen LogP contribution in [0.4, 0.5) is 0 Å². The SMILES string of the molecule is COC1OC(CO)C2OC(C)(C)OC2C1OCOCC[Si](C)(C)C. The fraction of sp³-hybridized carbons (Fsp3) is 1.00. The first kappa shape index (κ1) is 20.3. The Morgan fingerprint density at radius 2 is 1.79 bits per heavy atom. The zero-order valence-electron chi connectivity index (χ0n) is 15.6. The Balaban J connectivity index is 1.93. The van der Waals surface area contributed by atoms with Crippen molar-refractivity contribution in [3.05, 3.63) is 0 Å². The van der Waals surface area contributed by atoms with Gasteiger partial charge in [-0.3, -0.25) is 0 Å². The molecule has 0 radical (unpaired) electrons. The van der Waals surface area contributed by atoms with Gasteiger partial charge in [-0.2, -0.15) is 0 Å². The highest BCUT2D eigenvalue weighted by Gasteiger charge is 2.55. The number of fused-ring (bicyclic) bond motifs is 1. The lowest BCUT2D eigenvalue weighted by Crippen LogP contribution is -2.58. The molecule has 0 amide bonds. The molecule has 0 aromatic carbocycles. The normalized spacial score (nSPS) is 35.9. The lowest BCUT2D eigenvalue weighted by Gasteiger charge is -2.40. The number of hydrogen-bond acceptors (Lipinski definition) is 7. The zero-order valence-corrected chi connectivity index (χ0v) is 16.6. The van der Waals surface area contributed by atoms with E-state index in [9.17, 15) is 5.11 Å². The van der Waals surface area contributed by atoms with Gasteiger partial charge in [0.15, 0.2) is 12.1 Å². The molecule has 2 aliphatic heterocycles. The van der Waals surface area contributed by atoms with Crippen molar-refractivity contribution in [3.63, 3.8) is 0 Å². The summed E-state index contributed by atoms with van der Waals surface area (Å²) < 4.78 is 34.5. The molecule has 8 heteroatoms. The van der Waals surface area contributed by atoms with Crippen molar-refractivity contribution in [1.29, 1.82) is 0 Å². The van der Waals surface area contributed by atoms with Gasteiger partial charge in [-0.1, -0.05) is 19.6 Å². The number of methoxy groups -OCH3 is 1. The molecule has 2 fully saturated rings. The largest absolute Gasteiger partial charge is 0.394 e. The second kappa shape index (κ2) is 8.09. The summed E-state index contributed by atoms with van der Waals surface area (Å²) >= 11 is 0. The van der Waals surface area contributed by atoms with E-state index < -0.39 is 38.5 Å². The van der Waals surface area contributed by atoms with Crippen LogP contribution in [-0.4, -0.2) is 76.8 Å². The van der Waals surface area contributed by atoms with E-state index in [0.717, 1.165) is 6.04 Å². The molecule has 142 valence electrons. The van der Waals surface area contributed by atoms with Crippen molar-refractivity contribution in [2.24, 2.45) is 0 Å². The van der Waals surface area contributed by atoms with Crippen molar-refractivity contribution < 1.29 is 33.5 Å². The molecule has 7 nitrogen and oxygen atoms in total. The minimum absolute atomic E-state index is 0.148. The molecule has 2 aliphatic rings. The summed E-state index contributed by atoms with van der Waals surface area (Å²) in [6, 6.07) is 1.08. The summed E-state index contributed by atoms with van der Waals surface area (Å²) in [4.78, 5) is 0. The predicted octanol–water partition coefficient (Wildman–Crippen LogP) is 1.57. The van der Waals surface area contributed by atoms with Crippen LogP contribution < -0.4 is 0 Å². The summed E-state index contributed by atoms with van der Waals surface area (Å²) in [7, 11) is 0.420. The number of rotatable bonds is 8. The van der Waals surface area contributed by atoms with Crippen LogP contribution in [0.25, 0.3) is 0 Å². The van der Waals surface area contributed by atoms with Gasteiger partial charge in [0, 0.05) is 21.8 Å². The number of aliphatic hydroxyl groups excluding tert-OH is 1.